The molecule has 3 nitrogen and oxygen atoms in total. The Morgan fingerprint density at radius 2 is 2.06 bits per heavy atom. The van der Waals surface area contributed by atoms with Gasteiger partial charge in [-0.3, -0.25) is 4.98 Å². The fourth-order valence-corrected chi connectivity index (χ4v) is 3.23. The van der Waals surface area contributed by atoms with Crippen LogP contribution >= 0.6 is 43.2 Å². The molecule has 0 aliphatic rings. The van der Waals surface area contributed by atoms with E-state index in [9.17, 15) is 0 Å². The van der Waals surface area contributed by atoms with E-state index in [4.69, 9.17) is 0 Å². The van der Waals surface area contributed by atoms with Crippen molar-refractivity contribution < 1.29 is 0 Å². The van der Waals surface area contributed by atoms with Gasteiger partial charge in [-0.2, -0.15) is 0 Å². The first-order valence-corrected chi connectivity index (χ1v) is 7.47. The molecule has 0 unspecified atom stereocenters. The molecule has 0 saturated carbocycles. The summed E-state index contributed by atoms with van der Waals surface area (Å²) in [5.41, 5.74) is 1.00. The molecule has 0 radical (unpaired) electrons. The Kier molecular flexibility index (Phi) is 4.67. The lowest BCUT2D eigenvalue weighted by Gasteiger charge is -2.04. The minimum atomic E-state index is 0.729. The number of hydrogen-bond acceptors (Lipinski definition) is 4. The molecule has 90 valence electrons. The Hall–Kier alpha value is -0.300. The molecular weight excluding hydrogens is 366 g/mol. The molecule has 0 atom stereocenters. The van der Waals surface area contributed by atoms with Gasteiger partial charge >= 0.3 is 0 Å². The second kappa shape index (κ2) is 6.04. The van der Waals surface area contributed by atoms with Gasteiger partial charge in [-0.1, -0.05) is 0 Å². The lowest BCUT2D eigenvalue weighted by molar-refractivity contribution is 0.674. The van der Waals surface area contributed by atoms with Crippen LogP contribution in [0.15, 0.2) is 27.4 Å². The number of rotatable bonds is 4. The molecule has 2 rings (SSSR count). The highest BCUT2D eigenvalue weighted by molar-refractivity contribution is 9.11. The summed E-state index contributed by atoms with van der Waals surface area (Å²) in [6, 6.07) is 2.00. The molecule has 0 aromatic carbocycles. The summed E-state index contributed by atoms with van der Waals surface area (Å²) < 4.78 is 1.98. The highest BCUT2D eigenvalue weighted by atomic mass is 79.9. The number of thiazole rings is 1. The van der Waals surface area contributed by atoms with Crippen molar-refractivity contribution in [2.75, 3.05) is 0 Å². The van der Waals surface area contributed by atoms with E-state index >= 15 is 0 Å². The molecule has 1 N–H and O–H groups in total. The molecular formula is C11H11Br2N3S. The van der Waals surface area contributed by atoms with Crippen LogP contribution in [0.4, 0.5) is 0 Å². The fraction of sp³-hybridized carbons (Fsp3) is 0.273. The molecule has 2 aromatic heterocycles. The minimum Gasteiger partial charge on any atom is -0.305 e. The van der Waals surface area contributed by atoms with Crippen molar-refractivity contribution in [3.8, 4) is 0 Å². The molecule has 0 aliphatic heterocycles. The van der Waals surface area contributed by atoms with Crippen LogP contribution in [0.2, 0.25) is 0 Å². The van der Waals surface area contributed by atoms with E-state index in [0.717, 1.165) is 32.7 Å². The number of aromatic nitrogens is 2. The van der Waals surface area contributed by atoms with Crippen molar-refractivity contribution in [2.45, 2.75) is 20.0 Å². The Labute approximate surface area is 121 Å². The van der Waals surface area contributed by atoms with E-state index in [1.165, 1.54) is 4.88 Å². The molecule has 0 fully saturated rings. The normalized spacial score (nSPS) is 10.8. The number of nitrogens with zero attached hydrogens (tertiary/aromatic N) is 2. The standard InChI is InChI=1S/C11H11Br2N3S/c1-7-3-16-11(17-7)6-14-5-10-9(13)2-8(12)4-15-10/h2-4,14H,5-6H2,1H3. The van der Waals surface area contributed by atoms with E-state index in [0.29, 0.717) is 0 Å². The van der Waals surface area contributed by atoms with Crippen LogP contribution in [-0.2, 0) is 13.1 Å². The van der Waals surface area contributed by atoms with Crippen molar-refractivity contribution in [2.24, 2.45) is 0 Å². The second-order valence-corrected chi connectivity index (χ2v) is 6.64. The summed E-state index contributed by atoms with van der Waals surface area (Å²) in [6.07, 6.45) is 3.70. The number of pyridine rings is 1. The Morgan fingerprint density at radius 3 is 2.71 bits per heavy atom. The molecule has 0 bridgehead atoms. The third-order valence-electron chi connectivity index (χ3n) is 2.12. The molecule has 2 aromatic rings. The summed E-state index contributed by atoms with van der Waals surface area (Å²) in [5.74, 6) is 0. The number of nitrogens with one attached hydrogen (secondary N) is 1. The van der Waals surface area contributed by atoms with Crippen LogP contribution in [-0.4, -0.2) is 9.97 Å². The van der Waals surface area contributed by atoms with Crippen LogP contribution in [0.25, 0.3) is 0 Å². The van der Waals surface area contributed by atoms with Gasteiger partial charge in [0, 0.05) is 39.3 Å². The summed E-state index contributed by atoms with van der Waals surface area (Å²) >= 11 is 8.59. The highest BCUT2D eigenvalue weighted by Gasteiger charge is 2.03. The first kappa shape index (κ1) is 13.1. The maximum absolute atomic E-state index is 4.34. The van der Waals surface area contributed by atoms with Crippen molar-refractivity contribution in [3.05, 3.63) is 43.0 Å². The first-order chi connectivity index (χ1) is 8.15. The van der Waals surface area contributed by atoms with E-state index < -0.39 is 0 Å². The molecule has 0 amide bonds. The van der Waals surface area contributed by atoms with Crippen molar-refractivity contribution in [3.63, 3.8) is 0 Å². The van der Waals surface area contributed by atoms with E-state index in [-0.39, 0.29) is 0 Å². The molecule has 0 aliphatic carbocycles. The van der Waals surface area contributed by atoms with Crippen LogP contribution in [0.5, 0.6) is 0 Å². The zero-order chi connectivity index (χ0) is 12.3. The van der Waals surface area contributed by atoms with Crippen LogP contribution in [0.1, 0.15) is 15.6 Å². The Bertz CT molecular complexity index is 513. The number of hydrogen-bond donors (Lipinski definition) is 1. The maximum atomic E-state index is 4.34. The van der Waals surface area contributed by atoms with Gasteiger partial charge in [0.2, 0.25) is 0 Å². The summed E-state index contributed by atoms with van der Waals surface area (Å²) in [5, 5.41) is 4.44. The first-order valence-electron chi connectivity index (χ1n) is 5.07. The molecule has 0 saturated heterocycles. The van der Waals surface area contributed by atoms with Crippen LogP contribution in [0, 0.1) is 6.92 Å². The van der Waals surface area contributed by atoms with E-state index in [1.54, 1.807) is 17.5 Å². The third-order valence-corrected chi connectivity index (χ3v) is 4.15. The molecule has 0 spiro atoms. The topological polar surface area (TPSA) is 37.8 Å². The second-order valence-electron chi connectivity index (χ2n) is 3.55. The van der Waals surface area contributed by atoms with Gasteiger partial charge in [0.1, 0.15) is 5.01 Å². The van der Waals surface area contributed by atoms with Crippen LogP contribution < -0.4 is 5.32 Å². The zero-order valence-corrected chi connectivity index (χ0v) is 13.2. The van der Waals surface area contributed by atoms with Gasteiger partial charge in [-0.05, 0) is 44.8 Å². The Balaban J connectivity index is 1.90. The third kappa shape index (κ3) is 3.84. The zero-order valence-electron chi connectivity index (χ0n) is 9.20. The SMILES string of the molecule is Cc1cnc(CNCc2ncc(Br)cc2Br)s1. The van der Waals surface area contributed by atoms with Crippen LogP contribution in [0.3, 0.4) is 0 Å². The van der Waals surface area contributed by atoms with Gasteiger partial charge in [0.15, 0.2) is 0 Å². The van der Waals surface area contributed by atoms with Gasteiger partial charge in [0.05, 0.1) is 5.69 Å². The summed E-state index contributed by atoms with van der Waals surface area (Å²) in [4.78, 5) is 9.88. The maximum Gasteiger partial charge on any atom is 0.107 e. The predicted octanol–water partition coefficient (Wildman–Crippen LogP) is 3.66. The largest absolute Gasteiger partial charge is 0.305 e. The average molecular weight is 377 g/mol. The number of aryl methyl sites for hydroxylation is 1. The summed E-state index contributed by atoms with van der Waals surface area (Å²) in [6.45, 7) is 3.57. The molecule has 6 heteroatoms. The Morgan fingerprint density at radius 1 is 1.24 bits per heavy atom. The average Bonchev–Trinajstić information content (AvgIpc) is 2.68. The molecule has 17 heavy (non-hydrogen) atoms. The van der Waals surface area contributed by atoms with E-state index in [1.807, 2.05) is 12.3 Å². The lowest BCUT2D eigenvalue weighted by atomic mass is 10.3. The van der Waals surface area contributed by atoms with Gasteiger partial charge in [-0.25, -0.2) is 4.98 Å². The van der Waals surface area contributed by atoms with Crippen molar-refractivity contribution >= 4 is 43.2 Å². The van der Waals surface area contributed by atoms with Gasteiger partial charge < -0.3 is 5.32 Å². The van der Waals surface area contributed by atoms with Gasteiger partial charge in [0.25, 0.3) is 0 Å². The number of halogens is 2. The lowest BCUT2D eigenvalue weighted by Crippen LogP contribution is -2.13. The van der Waals surface area contributed by atoms with E-state index in [2.05, 4.69) is 54.1 Å². The smallest absolute Gasteiger partial charge is 0.107 e. The highest BCUT2D eigenvalue weighted by Crippen LogP contribution is 2.19. The predicted molar refractivity (Wildman–Crippen MR) is 77.0 cm³/mol. The molecule has 2 heterocycles. The minimum absolute atomic E-state index is 0.729. The quantitative estimate of drug-likeness (QED) is 0.884. The van der Waals surface area contributed by atoms with Crippen molar-refractivity contribution in [1.29, 1.82) is 0 Å². The van der Waals surface area contributed by atoms with Gasteiger partial charge in [-0.15, -0.1) is 11.3 Å². The fourth-order valence-electron chi connectivity index (χ4n) is 1.34. The summed E-state index contributed by atoms with van der Waals surface area (Å²) in [7, 11) is 0. The van der Waals surface area contributed by atoms with Crippen molar-refractivity contribution in [1.82, 2.24) is 15.3 Å². The monoisotopic (exact) mass is 375 g/mol.